The van der Waals surface area contributed by atoms with Gasteiger partial charge in [0.15, 0.2) is 6.61 Å². The number of nitrogens with one attached hydrogen (secondary N) is 1. The van der Waals surface area contributed by atoms with Gasteiger partial charge in [-0.05, 0) is 38.5 Å². The van der Waals surface area contributed by atoms with Crippen molar-refractivity contribution in [2.24, 2.45) is 0 Å². The highest BCUT2D eigenvalue weighted by Crippen LogP contribution is 2.19. The molecule has 8 heteroatoms. The summed E-state index contributed by atoms with van der Waals surface area (Å²) in [5, 5.41) is 7.12. The first kappa shape index (κ1) is 18.4. The lowest BCUT2D eigenvalue weighted by atomic mass is 10.2. The van der Waals surface area contributed by atoms with Gasteiger partial charge in [0.25, 0.3) is 11.9 Å². The number of aromatic nitrogens is 4. The Bertz CT molecular complexity index is 950. The smallest absolute Gasteiger partial charge is 0.262 e. The lowest BCUT2D eigenvalue weighted by Crippen LogP contribution is -2.20. The van der Waals surface area contributed by atoms with Crippen molar-refractivity contribution in [3.8, 4) is 17.4 Å². The molecule has 27 heavy (non-hydrogen) atoms. The van der Waals surface area contributed by atoms with E-state index in [1.165, 1.54) is 12.4 Å². The Balaban J connectivity index is 1.60. The van der Waals surface area contributed by atoms with E-state index >= 15 is 0 Å². The van der Waals surface area contributed by atoms with Crippen molar-refractivity contribution < 1.29 is 14.3 Å². The van der Waals surface area contributed by atoms with Crippen LogP contribution >= 0.6 is 0 Å². The van der Waals surface area contributed by atoms with Crippen LogP contribution in [0.4, 0.5) is 5.69 Å². The monoisotopic (exact) mass is 367 g/mol. The molecule has 0 radical (unpaired) electrons. The number of benzene rings is 1. The summed E-state index contributed by atoms with van der Waals surface area (Å²) in [6.45, 7) is 5.77. The number of amides is 1. The maximum absolute atomic E-state index is 12.1. The summed E-state index contributed by atoms with van der Waals surface area (Å²) < 4.78 is 12.3. The molecule has 0 aliphatic rings. The standard InChI is InChI=1S/C19H21N5O3/c1-12-13(2)23-24(14(12)3)19-20-9-15(10-21-19)22-18(25)11-27-17-7-5-6-16(8-17)26-4/h5-10H,11H2,1-4H3,(H,22,25). The van der Waals surface area contributed by atoms with Crippen molar-refractivity contribution in [1.82, 2.24) is 19.7 Å². The normalized spacial score (nSPS) is 10.5. The Hall–Kier alpha value is -3.42. The second-order valence-electron chi connectivity index (χ2n) is 6.00. The van der Waals surface area contributed by atoms with E-state index in [4.69, 9.17) is 9.47 Å². The molecule has 0 bridgehead atoms. The van der Waals surface area contributed by atoms with Gasteiger partial charge in [-0.25, -0.2) is 14.6 Å². The molecule has 0 unspecified atom stereocenters. The highest BCUT2D eigenvalue weighted by molar-refractivity contribution is 5.91. The third-order valence-electron chi connectivity index (χ3n) is 4.18. The fourth-order valence-corrected chi connectivity index (χ4v) is 2.45. The summed E-state index contributed by atoms with van der Waals surface area (Å²) >= 11 is 0. The Morgan fingerprint density at radius 2 is 1.85 bits per heavy atom. The summed E-state index contributed by atoms with van der Waals surface area (Å²) in [5.41, 5.74) is 3.50. The molecule has 140 valence electrons. The molecule has 3 aromatic rings. The summed E-state index contributed by atoms with van der Waals surface area (Å²) in [5.74, 6) is 1.36. The molecule has 2 heterocycles. The molecule has 1 aromatic carbocycles. The molecule has 0 fully saturated rings. The first-order valence-corrected chi connectivity index (χ1v) is 8.40. The van der Waals surface area contributed by atoms with Gasteiger partial charge >= 0.3 is 0 Å². The van der Waals surface area contributed by atoms with Gasteiger partial charge < -0.3 is 14.8 Å². The van der Waals surface area contributed by atoms with Gasteiger partial charge in [0.2, 0.25) is 0 Å². The van der Waals surface area contributed by atoms with E-state index < -0.39 is 0 Å². The lowest BCUT2D eigenvalue weighted by Gasteiger charge is -2.09. The Labute approximate surface area is 157 Å². The summed E-state index contributed by atoms with van der Waals surface area (Å²) in [7, 11) is 1.57. The minimum atomic E-state index is -0.309. The van der Waals surface area contributed by atoms with Crippen molar-refractivity contribution in [2.75, 3.05) is 19.0 Å². The van der Waals surface area contributed by atoms with Gasteiger partial charge in [-0.2, -0.15) is 5.10 Å². The molecule has 0 saturated carbocycles. The highest BCUT2D eigenvalue weighted by Gasteiger charge is 2.11. The highest BCUT2D eigenvalue weighted by atomic mass is 16.5. The van der Waals surface area contributed by atoms with E-state index in [0.29, 0.717) is 23.1 Å². The number of carbonyl (C=O) groups excluding carboxylic acids is 1. The van der Waals surface area contributed by atoms with Crippen LogP contribution in [0.3, 0.4) is 0 Å². The molecule has 0 atom stereocenters. The van der Waals surface area contributed by atoms with Crippen LogP contribution in [0.25, 0.3) is 5.95 Å². The fourth-order valence-electron chi connectivity index (χ4n) is 2.45. The summed E-state index contributed by atoms with van der Waals surface area (Å²) in [4.78, 5) is 20.6. The number of carbonyl (C=O) groups is 1. The van der Waals surface area contributed by atoms with Crippen LogP contribution in [0.1, 0.15) is 17.0 Å². The fraction of sp³-hybridized carbons (Fsp3) is 0.263. The second-order valence-corrected chi connectivity index (χ2v) is 6.00. The predicted octanol–water partition coefficient (Wildman–Crippen LogP) is 2.61. The Morgan fingerprint density at radius 3 is 2.48 bits per heavy atom. The molecule has 1 amide bonds. The number of hydrogen-bond acceptors (Lipinski definition) is 6. The molecule has 0 aliphatic heterocycles. The van der Waals surface area contributed by atoms with Crippen molar-refractivity contribution in [3.63, 3.8) is 0 Å². The van der Waals surface area contributed by atoms with Crippen LogP contribution in [0.5, 0.6) is 11.5 Å². The van der Waals surface area contributed by atoms with Crippen LogP contribution in [-0.2, 0) is 4.79 Å². The minimum absolute atomic E-state index is 0.133. The number of nitrogens with zero attached hydrogens (tertiary/aromatic N) is 4. The first-order chi connectivity index (χ1) is 13.0. The topological polar surface area (TPSA) is 91.2 Å². The lowest BCUT2D eigenvalue weighted by molar-refractivity contribution is -0.118. The quantitative estimate of drug-likeness (QED) is 0.720. The predicted molar refractivity (Wildman–Crippen MR) is 100 cm³/mol. The van der Waals surface area contributed by atoms with E-state index in [9.17, 15) is 4.79 Å². The van der Waals surface area contributed by atoms with Crippen molar-refractivity contribution in [3.05, 3.63) is 53.6 Å². The molecule has 0 saturated heterocycles. The number of aryl methyl sites for hydroxylation is 1. The molecule has 2 aromatic heterocycles. The van der Waals surface area contributed by atoms with Gasteiger partial charge in [0, 0.05) is 11.8 Å². The SMILES string of the molecule is COc1cccc(OCC(=O)Nc2cnc(-n3nc(C)c(C)c3C)nc2)c1. The van der Waals surface area contributed by atoms with Crippen LogP contribution < -0.4 is 14.8 Å². The molecule has 0 spiro atoms. The van der Waals surface area contributed by atoms with Gasteiger partial charge in [-0.15, -0.1) is 0 Å². The van der Waals surface area contributed by atoms with Gasteiger partial charge in [-0.1, -0.05) is 6.07 Å². The van der Waals surface area contributed by atoms with Crippen LogP contribution in [0.15, 0.2) is 36.7 Å². The third kappa shape index (κ3) is 4.22. The zero-order chi connectivity index (χ0) is 19.4. The van der Waals surface area contributed by atoms with E-state index in [0.717, 1.165) is 17.0 Å². The molecular formula is C19H21N5O3. The second kappa shape index (κ2) is 7.86. The Kier molecular flexibility index (Phi) is 5.35. The summed E-state index contributed by atoms with van der Waals surface area (Å²) in [6, 6.07) is 7.06. The average molecular weight is 367 g/mol. The van der Waals surface area contributed by atoms with E-state index in [1.54, 1.807) is 36.1 Å². The van der Waals surface area contributed by atoms with Gasteiger partial charge in [-0.3, -0.25) is 4.79 Å². The summed E-state index contributed by atoms with van der Waals surface area (Å²) in [6.07, 6.45) is 3.08. The maximum atomic E-state index is 12.1. The van der Waals surface area contributed by atoms with Gasteiger partial charge in [0.1, 0.15) is 11.5 Å². The number of hydrogen-bond donors (Lipinski definition) is 1. The third-order valence-corrected chi connectivity index (χ3v) is 4.18. The zero-order valence-electron chi connectivity index (χ0n) is 15.7. The number of ether oxygens (including phenoxy) is 2. The molecule has 1 N–H and O–H groups in total. The van der Waals surface area contributed by atoms with Crippen molar-refractivity contribution >= 4 is 11.6 Å². The number of anilines is 1. The number of rotatable bonds is 6. The largest absolute Gasteiger partial charge is 0.497 e. The van der Waals surface area contributed by atoms with Crippen LogP contribution in [-0.4, -0.2) is 39.4 Å². The van der Waals surface area contributed by atoms with Gasteiger partial charge in [0.05, 0.1) is 30.9 Å². The van der Waals surface area contributed by atoms with Crippen molar-refractivity contribution in [2.45, 2.75) is 20.8 Å². The van der Waals surface area contributed by atoms with Crippen LogP contribution in [0.2, 0.25) is 0 Å². The first-order valence-electron chi connectivity index (χ1n) is 8.40. The zero-order valence-corrected chi connectivity index (χ0v) is 15.7. The number of methoxy groups -OCH3 is 1. The van der Waals surface area contributed by atoms with Crippen LogP contribution in [0, 0.1) is 20.8 Å². The van der Waals surface area contributed by atoms with E-state index in [1.807, 2.05) is 20.8 Å². The molecule has 8 nitrogen and oxygen atoms in total. The Morgan fingerprint density at radius 1 is 1.15 bits per heavy atom. The average Bonchev–Trinajstić information content (AvgIpc) is 2.94. The van der Waals surface area contributed by atoms with Crippen molar-refractivity contribution in [1.29, 1.82) is 0 Å². The molecule has 3 rings (SSSR count). The van der Waals surface area contributed by atoms with E-state index in [2.05, 4.69) is 20.4 Å². The van der Waals surface area contributed by atoms with E-state index in [-0.39, 0.29) is 12.5 Å². The molecule has 0 aliphatic carbocycles. The molecular weight excluding hydrogens is 346 g/mol. The minimum Gasteiger partial charge on any atom is -0.497 e. The maximum Gasteiger partial charge on any atom is 0.262 e.